The molecule has 0 fully saturated rings. The molecule has 86 valence electrons. The summed E-state index contributed by atoms with van der Waals surface area (Å²) in [5.41, 5.74) is 0. The largest absolute Gasteiger partial charge is 0.495 e. The lowest BCUT2D eigenvalue weighted by molar-refractivity contribution is 0.0945. The molecule has 1 N–H and O–H groups in total. The molecule has 0 aliphatic heterocycles. The molecule has 1 aromatic rings. The highest BCUT2D eigenvalue weighted by molar-refractivity contribution is 7.12. The van der Waals surface area contributed by atoms with E-state index in [1.807, 2.05) is 6.92 Å². The summed E-state index contributed by atoms with van der Waals surface area (Å²) in [4.78, 5) is 12.3. The maximum absolute atomic E-state index is 11.8. The molecule has 5 heteroatoms. The maximum Gasteiger partial charge on any atom is 0.266 e. The first kappa shape index (κ1) is 12.5. The van der Waals surface area contributed by atoms with Gasteiger partial charge in [0.1, 0.15) is 16.7 Å². The summed E-state index contributed by atoms with van der Waals surface area (Å²) in [5, 5.41) is 13.3. The lowest BCUT2D eigenvalue weighted by atomic mass is 10.2. The van der Waals surface area contributed by atoms with Crippen LogP contribution in [0, 0.1) is 11.3 Å². The van der Waals surface area contributed by atoms with E-state index in [1.54, 1.807) is 11.4 Å². The molecule has 1 heterocycles. The van der Waals surface area contributed by atoms with E-state index in [0.717, 1.165) is 6.42 Å². The molecule has 1 aromatic heterocycles. The third kappa shape index (κ3) is 2.97. The number of nitrogens with zero attached hydrogens (tertiary/aromatic N) is 1. The normalized spacial score (nSPS) is 11.6. The predicted molar refractivity (Wildman–Crippen MR) is 62.6 cm³/mol. The second-order valence-corrected chi connectivity index (χ2v) is 4.18. The number of nitrogens with one attached hydrogen (secondary N) is 1. The average Bonchev–Trinajstić information content (AvgIpc) is 2.76. The second kappa shape index (κ2) is 6.13. The Labute approximate surface area is 98.8 Å². The van der Waals surface area contributed by atoms with Crippen molar-refractivity contribution in [1.82, 2.24) is 5.32 Å². The first-order chi connectivity index (χ1) is 7.72. The molecule has 0 spiro atoms. The van der Waals surface area contributed by atoms with Gasteiger partial charge in [0.15, 0.2) is 0 Å². The molecule has 0 aliphatic rings. The molecule has 0 bridgehead atoms. The number of hydrogen-bond acceptors (Lipinski definition) is 4. The van der Waals surface area contributed by atoms with Crippen molar-refractivity contribution >= 4 is 17.2 Å². The minimum atomic E-state index is -0.427. The van der Waals surface area contributed by atoms with E-state index < -0.39 is 6.04 Å². The van der Waals surface area contributed by atoms with Crippen molar-refractivity contribution in [2.45, 2.75) is 25.8 Å². The molecule has 0 radical (unpaired) electrons. The zero-order valence-electron chi connectivity index (χ0n) is 9.32. The van der Waals surface area contributed by atoms with Crippen molar-refractivity contribution in [2.24, 2.45) is 0 Å². The van der Waals surface area contributed by atoms with Gasteiger partial charge in [-0.05, 0) is 17.9 Å². The molecule has 1 unspecified atom stereocenters. The quantitative estimate of drug-likeness (QED) is 0.855. The lowest BCUT2D eigenvalue weighted by Gasteiger charge is -2.10. The van der Waals surface area contributed by atoms with Crippen LogP contribution in [0.25, 0.3) is 0 Å². The molecule has 16 heavy (non-hydrogen) atoms. The van der Waals surface area contributed by atoms with Crippen LogP contribution in [0.4, 0.5) is 0 Å². The molecule has 1 rings (SSSR count). The summed E-state index contributed by atoms with van der Waals surface area (Å²) in [7, 11) is 1.52. The predicted octanol–water partition coefficient (Wildman–Crippen LogP) is 2.18. The molecule has 4 nitrogen and oxygen atoms in total. The number of methoxy groups -OCH3 is 1. The number of carbonyl (C=O) groups is 1. The van der Waals surface area contributed by atoms with Crippen molar-refractivity contribution in [1.29, 1.82) is 5.26 Å². The highest BCUT2D eigenvalue weighted by atomic mass is 32.1. The Morgan fingerprint density at radius 1 is 1.75 bits per heavy atom. The van der Waals surface area contributed by atoms with Crippen molar-refractivity contribution in [2.75, 3.05) is 7.11 Å². The van der Waals surface area contributed by atoms with Gasteiger partial charge in [-0.3, -0.25) is 4.79 Å². The van der Waals surface area contributed by atoms with Gasteiger partial charge in [-0.25, -0.2) is 0 Å². The summed E-state index contributed by atoms with van der Waals surface area (Å²) in [6, 6.07) is 3.38. The average molecular weight is 238 g/mol. The zero-order valence-corrected chi connectivity index (χ0v) is 10.1. The second-order valence-electron chi connectivity index (χ2n) is 3.26. The van der Waals surface area contributed by atoms with E-state index in [4.69, 9.17) is 10.00 Å². The van der Waals surface area contributed by atoms with E-state index in [0.29, 0.717) is 17.0 Å². The Kier molecular flexibility index (Phi) is 4.80. The number of amides is 1. The van der Waals surface area contributed by atoms with Gasteiger partial charge in [-0.2, -0.15) is 5.26 Å². The van der Waals surface area contributed by atoms with Gasteiger partial charge >= 0.3 is 0 Å². The molecular formula is C11H14N2O2S. The molecular weight excluding hydrogens is 224 g/mol. The van der Waals surface area contributed by atoms with Gasteiger partial charge in [0.2, 0.25) is 0 Å². The fourth-order valence-electron chi connectivity index (χ4n) is 1.31. The number of nitriles is 1. The Morgan fingerprint density at radius 2 is 2.50 bits per heavy atom. The van der Waals surface area contributed by atoms with Crippen LogP contribution in [0.5, 0.6) is 5.75 Å². The summed E-state index contributed by atoms with van der Waals surface area (Å²) < 4.78 is 5.05. The van der Waals surface area contributed by atoms with Crippen LogP contribution >= 0.6 is 11.3 Å². The van der Waals surface area contributed by atoms with Crippen LogP contribution in [0.1, 0.15) is 29.4 Å². The van der Waals surface area contributed by atoms with Crippen LogP contribution in [0.2, 0.25) is 0 Å². The first-order valence-electron chi connectivity index (χ1n) is 5.04. The Bertz CT molecular complexity index is 395. The van der Waals surface area contributed by atoms with Gasteiger partial charge in [0.05, 0.1) is 13.2 Å². The van der Waals surface area contributed by atoms with Crippen LogP contribution in [-0.2, 0) is 0 Å². The Hall–Kier alpha value is -1.54. The van der Waals surface area contributed by atoms with Crippen molar-refractivity contribution in [3.05, 3.63) is 16.3 Å². The molecule has 1 atom stereocenters. The minimum Gasteiger partial charge on any atom is -0.495 e. The highest BCUT2D eigenvalue weighted by Crippen LogP contribution is 2.24. The lowest BCUT2D eigenvalue weighted by Crippen LogP contribution is -2.33. The van der Waals surface area contributed by atoms with Gasteiger partial charge in [0.25, 0.3) is 5.91 Å². The Balaban J connectivity index is 2.68. The van der Waals surface area contributed by atoms with Crippen molar-refractivity contribution in [3.63, 3.8) is 0 Å². The molecule has 1 amide bonds. The topological polar surface area (TPSA) is 62.1 Å². The highest BCUT2D eigenvalue weighted by Gasteiger charge is 2.17. The molecule has 0 aromatic carbocycles. The van der Waals surface area contributed by atoms with Gasteiger partial charge in [-0.15, -0.1) is 11.3 Å². The van der Waals surface area contributed by atoms with Crippen LogP contribution in [0.3, 0.4) is 0 Å². The SMILES string of the molecule is CCCC(C#N)NC(=O)c1sccc1OC. The first-order valence-corrected chi connectivity index (χ1v) is 5.92. The molecule has 0 saturated heterocycles. The molecule has 0 saturated carbocycles. The van der Waals surface area contributed by atoms with Crippen molar-refractivity contribution < 1.29 is 9.53 Å². The monoisotopic (exact) mass is 238 g/mol. The van der Waals surface area contributed by atoms with E-state index in [9.17, 15) is 4.79 Å². The van der Waals surface area contributed by atoms with E-state index in [1.165, 1.54) is 18.4 Å². The zero-order chi connectivity index (χ0) is 12.0. The van der Waals surface area contributed by atoms with E-state index >= 15 is 0 Å². The van der Waals surface area contributed by atoms with Gasteiger partial charge < -0.3 is 10.1 Å². The van der Waals surface area contributed by atoms with E-state index in [-0.39, 0.29) is 5.91 Å². The van der Waals surface area contributed by atoms with Gasteiger partial charge in [-0.1, -0.05) is 13.3 Å². The summed E-state index contributed by atoms with van der Waals surface area (Å²) >= 11 is 1.31. The fourth-order valence-corrected chi connectivity index (χ4v) is 2.07. The minimum absolute atomic E-state index is 0.244. The number of rotatable bonds is 5. The Morgan fingerprint density at radius 3 is 3.06 bits per heavy atom. The summed E-state index contributed by atoms with van der Waals surface area (Å²) in [6.07, 6.45) is 1.52. The van der Waals surface area contributed by atoms with Crippen molar-refractivity contribution in [3.8, 4) is 11.8 Å². The smallest absolute Gasteiger partial charge is 0.266 e. The number of thiophene rings is 1. The van der Waals surface area contributed by atoms with E-state index in [2.05, 4.69) is 11.4 Å². The molecule has 0 aliphatic carbocycles. The van der Waals surface area contributed by atoms with Gasteiger partial charge in [0, 0.05) is 0 Å². The number of carbonyl (C=O) groups excluding carboxylic acids is 1. The summed E-state index contributed by atoms with van der Waals surface area (Å²) in [5.74, 6) is 0.308. The summed E-state index contributed by atoms with van der Waals surface area (Å²) in [6.45, 7) is 1.97. The van der Waals surface area contributed by atoms with Crippen LogP contribution in [0.15, 0.2) is 11.4 Å². The maximum atomic E-state index is 11.8. The van der Waals surface area contributed by atoms with Crippen LogP contribution < -0.4 is 10.1 Å². The fraction of sp³-hybridized carbons (Fsp3) is 0.455. The number of ether oxygens (including phenoxy) is 1. The third-order valence-corrected chi connectivity index (χ3v) is 2.99. The van der Waals surface area contributed by atoms with Crippen LogP contribution in [-0.4, -0.2) is 19.1 Å². The number of hydrogen-bond donors (Lipinski definition) is 1. The standard InChI is InChI=1S/C11H14N2O2S/c1-3-4-8(7-12)13-11(14)10-9(15-2)5-6-16-10/h5-6,8H,3-4H2,1-2H3,(H,13,14). The third-order valence-electron chi connectivity index (χ3n) is 2.09.